The van der Waals surface area contributed by atoms with Crippen LogP contribution < -0.4 is 15.1 Å². The molecule has 38 heavy (non-hydrogen) atoms. The molecule has 0 bridgehead atoms. The van der Waals surface area contributed by atoms with E-state index in [0.29, 0.717) is 41.7 Å². The SMILES string of the molecule is CN(Cc1ccccc1)c1cc(C=C2SC(=O)NC2=O)nc(N2CC3(CN(C(=O)c4ccccc4)C3)C2)n1. The van der Waals surface area contributed by atoms with E-state index in [2.05, 4.69) is 22.3 Å². The van der Waals surface area contributed by atoms with Crippen molar-refractivity contribution in [3.05, 3.63) is 88.5 Å². The van der Waals surface area contributed by atoms with Crippen LogP contribution >= 0.6 is 11.8 Å². The number of imide groups is 1. The molecule has 1 aromatic heterocycles. The number of nitrogens with one attached hydrogen (secondary N) is 1. The van der Waals surface area contributed by atoms with Crippen LogP contribution in [0.25, 0.3) is 6.08 Å². The van der Waals surface area contributed by atoms with Crippen LogP contribution in [-0.4, -0.2) is 65.1 Å². The number of thioether (sulfide) groups is 1. The molecule has 1 spiro atoms. The van der Waals surface area contributed by atoms with Gasteiger partial charge in [0.15, 0.2) is 0 Å². The van der Waals surface area contributed by atoms with Crippen molar-refractivity contribution in [3.8, 4) is 0 Å². The number of likely N-dealkylation sites (tertiary alicyclic amines) is 1. The Balaban J connectivity index is 1.20. The Kier molecular flexibility index (Phi) is 6.11. The summed E-state index contributed by atoms with van der Waals surface area (Å²) in [5, 5.41) is 1.90. The van der Waals surface area contributed by atoms with Gasteiger partial charge >= 0.3 is 0 Å². The maximum absolute atomic E-state index is 12.8. The number of carbonyl (C=O) groups is 3. The molecule has 0 aliphatic carbocycles. The summed E-state index contributed by atoms with van der Waals surface area (Å²) in [4.78, 5) is 52.5. The minimum Gasteiger partial charge on any atom is -0.355 e. The third-order valence-corrected chi connectivity index (χ3v) is 7.80. The first kappa shape index (κ1) is 24.2. The van der Waals surface area contributed by atoms with Gasteiger partial charge in [-0.15, -0.1) is 0 Å². The van der Waals surface area contributed by atoms with Gasteiger partial charge in [0.05, 0.1) is 10.6 Å². The van der Waals surface area contributed by atoms with Gasteiger partial charge < -0.3 is 14.7 Å². The van der Waals surface area contributed by atoms with Gasteiger partial charge in [-0.2, -0.15) is 4.98 Å². The molecule has 3 aliphatic heterocycles. The van der Waals surface area contributed by atoms with Crippen molar-refractivity contribution in [1.82, 2.24) is 20.2 Å². The van der Waals surface area contributed by atoms with Crippen molar-refractivity contribution in [3.63, 3.8) is 0 Å². The first-order valence-corrected chi connectivity index (χ1v) is 13.2. The van der Waals surface area contributed by atoms with Crippen LogP contribution in [0.3, 0.4) is 0 Å². The molecular weight excluding hydrogens is 500 g/mol. The van der Waals surface area contributed by atoms with Gasteiger partial charge in [0.25, 0.3) is 17.1 Å². The quantitative estimate of drug-likeness (QED) is 0.488. The van der Waals surface area contributed by atoms with Gasteiger partial charge in [-0.25, -0.2) is 4.98 Å². The second-order valence-electron chi connectivity index (χ2n) is 10.0. The number of hydrogen-bond acceptors (Lipinski definition) is 8. The molecule has 3 aromatic rings. The highest BCUT2D eigenvalue weighted by Crippen LogP contribution is 2.42. The average molecular weight is 527 g/mol. The van der Waals surface area contributed by atoms with E-state index in [1.54, 1.807) is 6.08 Å². The Morgan fingerprint density at radius 1 is 1.03 bits per heavy atom. The predicted octanol–water partition coefficient (Wildman–Crippen LogP) is 3.40. The third kappa shape index (κ3) is 4.74. The molecule has 3 saturated heterocycles. The van der Waals surface area contributed by atoms with Crippen molar-refractivity contribution in [2.75, 3.05) is 43.0 Å². The van der Waals surface area contributed by atoms with Crippen LogP contribution in [0, 0.1) is 5.41 Å². The largest absolute Gasteiger partial charge is 0.355 e. The number of hydrogen-bond donors (Lipinski definition) is 1. The lowest BCUT2D eigenvalue weighted by molar-refractivity contribution is -0.115. The first-order chi connectivity index (χ1) is 18.4. The molecule has 6 rings (SSSR count). The lowest BCUT2D eigenvalue weighted by atomic mass is 9.72. The molecular formula is C28H26N6O3S. The van der Waals surface area contributed by atoms with E-state index in [1.165, 1.54) is 0 Å². The highest BCUT2D eigenvalue weighted by atomic mass is 32.2. The summed E-state index contributed by atoms with van der Waals surface area (Å²) in [7, 11) is 1.97. The van der Waals surface area contributed by atoms with Crippen molar-refractivity contribution < 1.29 is 14.4 Å². The highest BCUT2D eigenvalue weighted by molar-refractivity contribution is 8.18. The first-order valence-electron chi connectivity index (χ1n) is 12.4. The summed E-state index contributed by atoms with van der Waals surface area (Å²) in [5.74, 6) is 0.935. The van der Waals surface area contributed by atoms with Gasteiger partial charge in [0.1, 0.15) is 5.82 Å². The number of benzene rings is 2. The second kappa shape index (κ2) is 9.60. The van der Waals surface area contributed by atoms with Crippen molar-refractivity contribution in [2.45, 2.75) is 6.54 Å². The minimum atomic E-state index is -0.417. The third-order valence-electron chi connectivity index (χ3n) is 6.99. The minimum absolute atomic E-state index is 0.0476. The molecule has 192 valence electrons. The lowest BCUT2D eigenvalue weighted by Gasteiger charge is -2.60. The summed E-state index contributed by atoms with van der Waals surface area (Å²) in [6.07, 6.45) is 1.63. The normalized spacial score (nSPS) is 18.8. The Hall–Kier alpha value is -4.18. The number of amides is 3. The van der Waals surface area contributed by atoms with Crippen LogP contribution in [0.4, 0.5) is 16.6 Å². The van der Waals surface area contributed by atoms with E-state index in [4.69, 9.17) is 9.97 Å². The number of anilines is 2. The van der Waals surface area contributed by atoms with Crippen LogP contribution in [0.2, 0.25) is 0 Å². The fraction of sp³-hybridized carbons (Fsp3) is 0.250. The zero-order valence-corrected chi connectivity index (χ0v) is 21.6. The summed E-state index contributed by atoms with van der Waals surface area (Å²) < 4.78 is 0. The van der Waals surface area contributed by atoms with Crippen molar-refractivity contribution in [2.24, 2.45) is 5.41 Å². The molecule has 0 unspecified atom stereocenters. The number of aromatic nitrogens is 2. The molecule has 3 fully saturated rings. The summed E-state index contributed by atoms with van der Waals surface area (Å²) in [6, 6.07) is 21.3. The van der Waals surface area contributed by atoms with Gasteiger partial charge in [-0.1, -0.05) is 48.5 Å². The standard InChI is InChI=1S/C28H26N6O3S/c1-32(14-19-8-4-2-5-9-19)23-13-21(12-22-24(35)31-27(37)38-22)29-26(30-23)34-17-28(18-34)15-33(16-28)25(36)20-10-6-3-7-11-20/h2-13H,14-18H2,1H3,(H,31,35,37). The fourth-order valence-electron chi connectivity index (χ4n) is 5.12. The summed E-state index contributed by atoms with van der Waals surface area (Å²) in [6.45, 7) is 3.57. The smallest absolute Gasteiger partial charge is 0.290 e. The molecule has 9 nitrogen and oxygen atoms in total. The molecule has 0 atom stereocenters. The van der Waals surface area contributed by atoms with Gasteiger partial charge in [-0.3, -0.25) is 19.7 Å². The van der Waals surface area contributed by atoms with Crippen LogP contribution in [0.15, 0.2) is 71.6 Å². The van der Waals surface area contributed by atoms with E-state index in [0.717, 1.165) is 36.2 Å². The molecule has 3 aliphatic rings. The topological polar surface area (TPSA) is 98.7 Å². The Labute approximate surface area is 224 Å². The maximum Gasteiger partial charge on any atom is 0.290 e. The van der Waals surface area contributed by atoms with E-state index in [9.17, 15) is 14.4 Å². The molecule has 3 amide bonds. The van der Waals surface area contributed by atoms with E-state index < -0.39 is 5.91 Å². The maximum atomic E-state index is 12.8. The molecule has 1 N–H and O–H groups in total. The van der Waals surface area contributed by atoms with Gasteiger partial charge in [0.2, 0.25) is 5.95 Å². The second-order valence-corrected chi connectivity index (χ2v) is 11.0. The Morgan fingerprint density at radius 2 is 1.71 bits per heavy atom. The molecule has 2 aromatic carbocycles. The van der Waals surface area contributed by atoms with E-state index >= 15 is 0 Å². The molecule has 4 heterocycles. The number of rotatable bonds is 6. The van der Waals surface area contributed by atoms with Gasteiger partial charge in [0, 0.05) is 56.8 Å². The fourth-order valence-corrected chi connectivity index (χ4v) is 5.79. The molecule has 0 radical (unpaired) electrons. The highest BCUT2D eigenvalue weighted by Gasteiger charge is 2.54. The average Bonchev–Trinajstić information content (AvgIpc) is 3.19. The zero-order chi connectivity index (χ0) is 26.3. The van der Waals surface area contributed by atoms with Gasteiger partial charge in [-0.05, 0) is 35.5 Å². The Bertz CT molecular complexity index is 1430. The Morgan fingerprint density at radius 3 is 2.37 bits per heavy atom. The summed E-state index contributed by atoms with van der Waals surface area (Å²) >= 11 is 0.869. The molecule has 0 saturated carbocycles. The predicted molar refractivity (Wildman–Crippen MR) is 147 cm³/mol. The number of carbonyl (C=O) groups excluding carboxylic acids is 3. The monoisotopic (exact) mass is 526 g/mol. The number of nitrogens with zero attached hydrogens (tertiary/aromatic N) is 5. The van der Waals surface area contributed by atoms with E-state index in [-0.39, 0.29) is 16.6 Å². The van der Waals surface area contributed by atoms with Crippen LogP contribution in [0.5, 0.6) is 0 Å². The van der Waals surface area contributed by atoms with Crippen molar-refractivity contribution >= 4 is 46.7 Å². The van der Waals surface area contributed by atoms with Crippen LogP contribution in [-0.2, 0) is 11.3 Å². The lowest BCUT2D eigenvalue weighted by Crippen LogP contribution is -2.73. The van der Waals surface area contributed by atoms with E-state index in [1.807, 2.05) is 71.4 Å². The van der Waals surface area contributed by atoms with Crippen LogP contribution in [0.1, 0.15) is 21.6 Å². The summed E-state index contributed by atoms with van der Waals surface area (Å²) in [5.41, 5.74) is 2.46. The molecule has 10 heteroatoms. The van der Waals surface area contributed by atoms with Crippen molar-refractivity contribution in [1.29, 1.82) is 0 Å². The zero-order valence-electron chi connectivity index (χ0n) is 20.8.